The van der Waals surface area contributed by atoms with E-state index in [4.69, 9.17) is 9.84 Å². The lowest BCUT2D eigenvalue weighted by Crippen LogP contribution is -2.34. The SMILES string of the molecule is CC(C)OCC(O)CN1C[C@@H](C)[C@H](C(=O)O)C1. The fourth-order valence-corrected chi connectivity index (χ4v) is 2.19. The average Bonchev–Trinajstić information content (AvgIpc) is 2.56. The van der Waals surface area contributed by atoms with E-state index in [-0.39, 0.29) is 17.9 Å². The molecule has 1 heterocycles. The molecule has 0 radical (unpaired) electrons. The van der Waals surface area contributed by atoms with Gasteiger partial charge in [-0.15, -0.1) is 0 Å². The molecule has 5 heteroatoms. The van der Waals surface area contributed by atoms with Crippen LogP contribution in [0.2, 0.25) is 0 Å². The van der Waals surface area contributed by atoms with E-state index in [1.54, 1.807) is 0 Å². The molecule has 1 fully saturated rings. The van der Waals surface area contributed by atoms with Crippen LogP contribution in [0, 0.1) is 11.8 Å². The second-order valence-corrected chi connectivity index (χ2v) is 5.18. The fourth-order valence-electron chi connectivity index (χ4n) is 2.19. The Kier molecular flexibility index (Phi) is 5.36. The Balaban J connectivity index is 2.31. The first-order chi connectivity index (χ1) is 7.90. The topological polar surface area (TPSA) is 70.0 Å². The Morgan fingerprint density at radius 3 is 2.59 bits per heavy atom. The van der Waals surface area contributed by atoms with Crippen LogP contribution in [0.4, 0.5) is 0 Å². The highest BCUT2D eigenvalue weighted by molar-refractivity contribution is 5.71. The van der Waals surface area contributed by atoms with Gasteiger partial charge in [0.25, 0.3) is 0 Å². The van der Waals surface area contributed by atoms with Gasteiger partial charge in [0.2, 0.25) is 0 Å². The molecule has 17 heavy (non-hydrogen) atoms. The standard InChI is InChI=1S/C12H23NO4/c1-8(2)17-7-10(14)5-13-4-9(3)11(6-13)12(15)16/h8-11,14H,4-7H2,1-3H3,(H,15,16)/t9-,10?,11-/m1/s1. The third kappa shape index (κ3) is 4.61. The Morgan fingerprint density at radius 2 is 2.12 bits per heavy atom. The van der Waals surface area contributed by atoms with Crippen molar-refractivity contribution in [1.82, 2.24) is 4.90 Å². The lowest BCUT2D eigenvalue weighted by atomic mass is 9.99. The third-order valence-corrected chi connectivity index (χ3v) is 3.10. The number of nitrogens with zero attached hydrogens (tertiary/aromatic N) is 1. The Bertz CT molecular complexity index is 257. The second kappa shape index (κ2) is 6.33. The zero-order valence-electron chi connectivity index (χ0n) is 10.8. The number of aliphatic hydroxyl groups excluding tert-OH is 1. The molecule has 5 nitrogen and oxygen atoms in total. The number of likely N-dealkylation sites (tertiary alicyclic amines) is 1. The molecule has 0 amide bonds. The number of hydrogen-bond donors (Lipinski definition) is 2. The smallest absolute Gasteiger partial charge is 0.308 e. The molecule has 0 aromatic rings. The molecular formula is C12H23NO4. The first-order valence-electron chi connectivity index (χ1n) is 6.15. The summed E-state index contributed by atoms with van der Waals surface area (Å²) in [7, 11) is 0. The maximum absolute atomic E-state index is 10.9. The van der Waals surface area contributed by atoms with Crippen LogP contribution in [-0.2, 0) is 9.53 Å². The molecule has 3 atom stereocenters. The van der Waals surface area contributed by atoms with Crippen LogP contribution >= 0.6 is 0 Å². The summed E-state index contributed by atoms with van der Waals surface area (Å²) >= 11 is 0. The molecule has 1 rings (SSSR count). The van der Waals surface area contributed by atoms with Crippen LogP contribution < -0.4 is 0 Å². The normalized spacial score (nSPS) is 27.6. The molecule has 0 spiro atoms. The van der Waals surface area contributed by atoms with E-state index in [2.05, 4.69) is 0 Å². The molecular weight excluding hydrogens is 222 g/mol. The monoisotopic (exact) mass is 245 g/mol. The van der Waals surface area contributed by atoms with Crippen molar-refractivity contribution in [2.24, 2.45) is 11.8 Å². The van der Waals surface area contributed by atoms with Gasteiger partial charge in [0, 0.05) is 19.6 Å². The van der Waals surface area contributed by atoms with Gasteiger partial charge in [-0.2, -0.15) is 0 Å². The minimum atomic E-state index is -0.743. The van der Waals surface area contributed by atoms with Crippen LogP contribution in [0.15, 0.2) is 0 Å². The summed E-state index contributed by atoms with van der Waals surface area (Å²) in [5, 5.41) is 18.8. The van der Waals surface area contributed by atoms with E-state index in [1.165, 1.54) is 0 Å². The van der Waals surface area contributed by atoms with Crippen LogP contribution in [0.25, 0.3) is 0 Å². The molecule has 0 aromatic carbocycles. The third-order valence-electron chi connectivity index (χ3n) is 3.10. The van der Waals surface area contributed by atoms with E-state index in [9.17, 15) is 9.90 Å². The zero-order valence-corrected chi connectivity index (χ0v) is 10.8. The predicted molar refractivity (Wildman–Crippen MR) is 63.8 cm³/mol. The van der Waals surface area contributed by atoms with Crippen molar-refractivity contribution < 1.29 is 19.7 Å². The van der Waals surface area contributed by atoms with Gasteiger partial charge in [0.15, 0.2) is 0 Å². The van der Waals surface area contributed by atoms with Crippen molar-refractivity contribution in [2.75, 3.05) is 26.2 Å². The number of aliphatic hydroxyl groups is 1. The summed E-state index contributed by atoms with van der Waals surface area (Å²) in [4.78, 5) is 12.9. The number of rotatable bonds is 6. The summed E-state index contributed by atoms with van der Waals surface area (Å²) in [6.07, 6.45) is -0.439. The molecule has 0 aromatic heterocycles. The van der Waals surface area contributed by atoms with Crippen molar-refractivity contribution in [3.63, 3.8) is 0 Å². The lowest BCUT2D eigenvalue weighted by molar-refractivity contribution is -0.142. The van der Waals surface area contributed by atoms with Crippen LogP contribution in [0.5, 0.6) is 0 Å². The molecule has 1 aliphatic heterocycles. The number of β-amino-alcohol motifs (C(OH)–C–C–N with tert-alkyl or cyclic N) is 1. The van der Waals surface area contributed by atoms with Crippen LogP contribution in [0.1, 0.15) is 20.8 Å². The molecule has 1 saturated heterocycles. The summed E-state index contributed by atoms with van der Waals surface area (Å²) in [5.41, 5.74) is 0. The number of carboxylic acid groups (broad SMARTS) is 1. The summed E-state index contributed by atoms with van der Waals surface area (Å²) < 4.78 is 5.32. The average molecular weight is 245 g/mol. The van der Waals surface area contributed by atoms with E-state index < -0.39 is 12.1 Å². The number of aliphatic carboxylic acids is 1. The molecule has 2 N–H and O–H groups in total. The summed E-state index contributed by atoms with van der Waals surface area (Å²) in [6.45, 7) is 7.83. The molecule has 1 aliphatic rings. The zero-order chi connectivity index (χ0) is 13.0. The predicted octanol–water partition coefficient (Wildman–Crippen LogP) is 0.425. The highest BCUT2D eigenvalue weighted by Gasteiger charge is 2.35. The van der Waals surface area contributed by atoms with E-state index in [0.717, 1.165) is 6.54 Å². The summed E-state index contributed by atoms with van der Waals surface area (Å²) in [5.74, 6) is -0.910. The quantitative estimate of drug-likeness (QED) is 0.710. The maximum Gasteiger partial charge on any atom is 0.308 e. The first-order valence-corrected chi connectivity index (χ1v) is 6.15. The van der Waals surface area contributed by atoms with E-state index in [1.807, 2.05) is 25.7 Å². The molecule has 0 bridgehead atoms. The van der Waals surface area contributed by atoms with Crippen LogP contribution in [-0.4, -0.2) is 59.5 Å². The van der Waals surface area contributed by atoms with Crippen molar-refractivity contribution >= 4 is 5.97 Å². The Labute approximate surface area is 102 Å². The molecule has 100 valence electrons. The van der Waals surface area contributed by atoms with Gasteiger partial charge in [-0.1, -0.05) is 6.92 Å². The number of ether oxygens (including phenoxy) is 1. The maximum atomic E-state index is 10.9. The van der Waals surface area contributed by atoms with Crippen LogP contribution in [0.3, 0.4) is 0 Å². The highest BCUT2D eigenvalue weighted by atomic mass is 16.5. The molecule has 0 saturated carbocycles. The minimum absolute atomic E-state index is 0.105. The Hall–Kier alpha value is -0.650. The van der Waals surface area contributed by atoms with Crippen molar-refractivity contribution in [1.29, 1.82) is 0 Å². The van der Waals surface area contributed by atoms with Gasteiger partial charge >= 0.3 is 5.97 Å². The lowest BCUT2D eigenvalue weighted by Gasteiger charge is -2.20. The first kappa shape index (κ1) is 14.4. The van der Waals surface area contributed by atoms with Gasteiger partial charge < -0.3 is 14.9 Å². The van der Waals surface area contributed by atoms with Gasteiger partial charge in [-0.05, 0) is 19.8 Å². The Morgan fingerprint density at radius 1 is 1.47 bits per heavy atom. The number of hydrogen-bond acceptors (Lipinski definition) is 4. The van der Waals surface area contributed by atoms with Gasteiger partial charge in [0.1, 0.15) is 0 Å². The van der Waals surface area contributed by atoms with Gasteiger partial charge in [0.05, 0.1) is 24.7 Å². The molecule has 0 aliphatic carbocycles. The second-order valence-electron chi connectivity index (χ2n) is 5.18. The van der Waals surface area contributed by atoms with Gasteiger partial charge in [-0.25, -0.2) is 0 Å². The fraction of sp³-hybridized carbons (Fsp3) is 0.917. The largest absolute Gasteiger partial charge is 0.481 e. The van der Waals surface area contributed by atoms with Crippen molar-refractivity contribution in [3.8, 4) is 0 Å². The van der Waals surface area contributed by atoms with Crippen molar-refractivity contribution in [3.05, 3.63) is 0 Å². The number of carbonyl (C=O) groups is 1. The number of carboxylic acids is 1. The summed E-state index contributed by atoms with van der Waals surface area (Å²) in [6, 6.07) is 0. The van der Waals surface area contributed by atoms with E-state index >= 15 is 0 Å². The highest BCUT2D eigenvalue weighted by Crippen LogP contribution is 2.23. The minimum Gasteiger partial charge on any atom is -0.481 e. The molecule has 1 unspecified atom stereocenters. The van der Waals surface area contributed by atoms with Crippen molar-refractivity contribution in [2.45, 2.75) is 33.0 Å². The van der Waals surface area contributed by atoms with Gasteiger partial charge in [-0.3, -0.25) is 9.69 Å². The van der Waals surface area contributed by atoms with E-state index in [0.29, 0.717) is 19.7 Å².